The first-order chi connectivity index (χ1) is 8.06. The zero-order valence-corrected chi connectivity index (χ0v) is 13.2. The molecule has 0 aromatic heterocycles. The molecule has 0 nitrogen and oxygen atoms in total. The molecule has 0 radical (unpaired) electrons. The maximum absolute atomic E-state index is 2.39. The fraction of sp³-hybridized carbons (Fsp3) is 0.625. The van der Waals surface area contributed by atoms with E-state index >= 15 is 0 Å². The first kappa shape index (κ1) is 14.7. The van der Waals surface area contributed by atoms with E-state index in [9.17, 15) is 0 Å². The quantitative estimate of drug-likeness (QED) is 0.616. The van der Waals surface area contributed by atoms with Gasteiger partial charge in [0.1, 0.15) is 0 Å². The van der Waals surface area contributed by atoms with Crippen LogP contribution >= 0.6 is 7.26 Å². The van der Waals surface area contributed by atoms with Gasteiger partial charge in [0.25, 0.3) is 0 Å². The molecule has 0 fully saturated rings. The Hall–Kier alpha value is -0.350. The summed E-state index contributed by atoms with van der Waals surface area (Å²) in [6, 6.07) is 9.36. The van der Waals surface area contributed by atoms with Crippen molar-refractivity contribution in [1.29, 1.82) is 0 Å². The molecule has 0 saturated heterocycles. The van der Waals surface area contributed by atoms with Gasteiger partial charge in [-0.15, -0.1) is 0 Å². The Morgan fingerprint density at radius 3 is 1.71 bits per heavy atom. The van der Waals surface area contributed by atoms with Crippen molar-refractivity contribution >= 4 is 7.26 Å². The van der Waals surface area contributed by atoms with Gasteiger partial charge in [-0.2, -0.15) is 0 Å². The van der Waals surface area contributed by atoms with Crippen LogP contribution in [0, 0.1) is 0 Å². The molecule has 0 saturated carbocycles. The zero-order valence-electron chi connectivity index (χ0n) is 12.2. The van der Waals surface area contributed by atoms with Crippen molar-refractivity contribution in [3.05, 3.63) is 35.4 Å². The molecule has 0 bridgehead atoms. The third kappa shape index (κ3) is 3.81. The molecule has 17 heavy (non-hydrogen) atoms. The van der Waals surface area contributed by atoms with E-state index in [4.69, 9.17) is 0 Å². The van der Waals surface area contributed by atoms with Crippen LogP contribution in [-0.4, -0.2) is 18.5 Å². The summed E-state index contributed by atoms with van der Waals surface area (Å²) in [6.07, 6.45) is 5.64. The minimum absolute atomic E-state index is 0.648. The average Bonchev–Trinajstić information content (AvgIpc) is 2.37. The number of hydrogen-bond donors (Lipinski definition) is 0. The second kappa shape index (κ2) is 6.55. The van der Waals surface area contributed by atoms with E-state index in [2.05, 4.69) is 58.9 Å². The summed E-state index contributed by atoms with van der Waals surface area (Å²) in [7, 11) is -1.00. The van der Waals surface area contributed by atoms with E-state index < -0.39 is 7.26 Å². The van der Waals surface area contributed by atoms with Gasteiger partial charge in [-0.1, -0.05) is 0 Å². The molecular formula is C16H29P. The van der Waals surface area contributed by atoms with Crippen LogP contribution in [0.25, 0.3) is 0 Å². The van der Waals surface area contributed by atoms with Crippen molar-refractivity contribution in [1.82, 2.24) is 0 Å². The van der Waals surface area contributed by atoms with E-state index in [1.165, 1.54) is 30.2 Å². The van der Waals surface area contributed by atoms with Crippen LogP contribution in [0.1, 0.15) is 51.7 Å². The van der Waals surface area contributed by atoms with Gasteiger partial charge < -0.3 is 0 Å². The summed E-state index contributed by atoms with van der Waals surface area (Å²) in [5.74, 6) is 0.648. The van der Waals surface area contributed by atoms with Crippen LogP contribution in [0.3, 0.4) is 0 Å². The van der Waals surface area contributed by atoms with Gasteiger partial charge in [0, 0.05) is 0 Å². The Morgan fingerprint density at radius 2 is 1.35 bits per heavy atom. The predicted octanol–water partition coefficient (Wildman–Crippen LogP) is 5.12. The van der Waals surface area contributed by atoms with Crippen LogP contribution < -0.4 is 0 Å². The number of hydrogen-bond acceptors (Lipinski definition) is 0. The normalized spacial score (nSPS) is 13.1. The van der Waals surface area contributed by atoms with Crippen molar-refractivity contribution in [2.45, 2.75) is 46.7 Å². The molecule has 0 N–H and O–H groups in total. The average molecular weight is 252 g/mol. The molecule has 1 rings (SSSR count). The molecule has 1 aromatic rings. The monoisotopic (exact) mass is 252 g/mol. The van der Waals surface area contributed by atoms with Crippen molar-refractivity contribution < 1.29 is 0 Å². The van der Waals surface area contributed by atoms with Crippen molar-refractivity contribution in [2.24, 2.45) is 0 Å². The van der Waals surface area contributed by atoms with Crippen molar-refractivity contribution in [3.8, 4) is 0 Å². The minimum atomic E-state index is -1.00. The van der Waals surface area contributed by atoms with E-state index in [0.29, 0.717) is 5.92 Å². The molecular weight excluding hydrogens is 223 g/mol. The zero-order chi connectivity index (χ0) is 12.9. The van der Waals surface area contributed by atoms with Crippen molar-refractivity contribution in [2.75, 3.05) is 18.5 Å². The molecule has 98 valence electrons. The predicted molar refractivity (Wildman–Crippen MR) is 84.2 cm³/mol. The fourth-order valence-corrected chi connectivity index (χ4v) is 5.93. The summed E-state index contributed by atoms with van der Waals surface area (Å²) in [5.41, 5.74) is 3.03. The second-order valence-corrected chi connectivity index (χ2v) is 11.1. The summed E-state index contributed by atoms with van der Waals surface area (Å²) in [5, 5.41) is 0. The van der Waals surface area contributed by atoms with Crippen LogP contribution in [-0.2, 0) is 6.16 Å². The van der Waals surface area contributed by atoms with Gasteiger partial charge in [-0.05, 0) is 0 Å². The standard InChI is InChI=1S/C16H29P/c1-6-17(7-2,8-3)13-15-9-11-16(12-10-15)14(4)5/h9-12,14,17H,6-8,13H2,1-5H3. The molecule has 0 aliphatic heterocycles. The Labute approximate surface area is 108 Å². The second-order valence-electron chi connectivity index (χ2n) is 5.63. The van der Waals surface area contributed by atoms with Gasteiger partial charge in [-0.3, -0.25) is 0 Å². The van der Waals surface area contributed by atoms with E-state index in [0.717, 1.165) is 0 Å². The Kier molecular flexibility index (Phi) is 5.67. The van der Waals surface area contributed by atoms with E-state index in [-0.39, 0.29) is 0 Å². The molecule has 0 spiro atoms. The topological polar surface area (TPSA) is 0 Å². The molecule has 0 aliphatic carbocycles. The molecule has 0 amide bonds. The summed E-state index contributed by atoms with van der Waals surface area (Å²) in [4.78, 5) is 0. The fourth-order valence-electron chi connectivity index (χ4n) is 2.58. The number of rotatable bonds is 6. The first-order valence-corrected chi connectivity index (χ1v) is 9.98. The van der Waals surface area contributed by atoms with Crippen LogP contribution in [0.15, 0.2) is 24.3 Å². The SMILES string of the molecule is CC[PH](CC)(CC)Cc1ccc(C(C)C)cc1. The van der Waals surface area contributed by atoms with Gasteiger partial charge in [0.05, 0.1) is 0 Å². The van der Waals surface area contributed by atoms with E-state index in [1.807, 2.05) is 0 Å². The van der Waals surface area contributed by atoms with E-state index in [1.54, 1.807) is 5.56 Å². The molecule has 0 heterocycles. The number of benzene rings is 1. The third-order valence-electron chi connectivity index (χ3n) is 4.48. The molecule has 0 atom stereocenters. The van der Waals surface area contributed by atoms with Gasteiger partial charge in [0.15, 0.2) is 0 Å². The van der Waals surface area contributed by atoms with Crippen LogP contribution in [0.5, 0.6) is 0 Å². The van der Waals surface area contributed by atoms with Crippen LogP contribution in [0.2, 0.25) is 0 Å². The molecule has 1 aromatic carbocycles. The molecule has 1 heteroatoms. The van der Waals surface area contributed by atoms with Gasteiger partial charge in [0.2, 0.25) is 0 Å². The summed E-state index contributed by atoms with van der Waals surface area (Å²) in [6.45, 7) is 11.7. The first-order valence-electron chi connectivity index (χ1n) is 7.15. The van der Waals surface area contributed by atoms with Gasteiger partial charge >= 0.3 is 108 Å². The molecule has 0 aliphatic rings. The summed E-state index contributed by atoms with van der Waals surface area (Å²) < 4.78 is 0. The molecule has 0 unspecified atom stereocenters. The van der Waals surface area contributed by atoms with Crippen molar-refractivity contribution in [3.63, 3.8) is 0 Å². The summed E-state index contributed by atoms with van der Waals surface area (Å²) >= 11 is 0. The third-order valence-corrected chi connectivity index (χ3v) is 10.1. The van der Waals surface area contributed by atoms with Crippen LogP contribution in [0.4, 0.5) is 0 Å². The maximum atomic E-state index is 2.39. The Balaban J connectivity index is 2.80. The van der Waals surface area contributed by atoms with Gasteiger partial charge in [-0.25, -0.2) is 0 Å². The Morgan fingerprint density at radius 1 is 0.882 bits per heavy atom. The Bertz CT molecular complexity index is 312.